The minimum Gasteiger partial charge on any atom is -0.399 e. The van der Waals surface area contributed by atoms with Crippen LogP contribution in [0.15, 0.2) is 23.1 Å². The molecule has 2 aliphatic carbocycles. The molecule has 0 aliphatic heterocycles. The van der Waals surface area contributed by atoms with E-state index in [4.69, 9.17) is 5.73 Å². The van der Waals surface area contributed by atoms with E-state index in [2.05, 4.69) is 4.72 Å². The van der Waals surface area contributed by atoms with E-state index in [0.29, 0.717) is 18.2 Å². The highest BCUT2D eigenvalue weighted by molar-refractivity contribution is 7.89. The SMILES string of the molecule is Cc1cc(N)cc(S(=O)(=O)NCC(C2CC2)C2CC2)c1. The second-order valence-electron chi connectivity index (χ2n) is 6.27. The second kappa shape index (κ2) is 5.04. The molecule has 1 aromatic carbocycles. The summed E-state index contributed by atoms with van der Waals surface area (Å²) in [5, 5.41) is 0. The summed E-state index contributed by atoms with van der Waals surface area (Å²) < 4.78 is 27.5. The molecule has 0 spiro atoms. The van der Waals surface area contributed by atoms with Gasteiger partial charge < -0.3 is 5.73 Å². The van der Waals surface area contributed by atoms with Gasteiger partial charge in [-0.15, -0.1) is 0 Å². The number of benzene rings is 1. The lowest BCUT2D eigenvalue weighted by Crippen LogP contribution is -2.31. The Morgan fingerprint density at radius 3 is 2.30 bits per heavy atom. The largest absolute Gasteiger partial charge is 0.399 e. The number of sulfonamides is 1. The standard InChI is InChI=1S/C15H22N2O2S/c1-10-6-13(16)8-14(7-10)20(18,19)17-9-15(11-2-3-11)12-4-5-12/h6-8,11-12,15,17H,2-5,9,16H2,1H3. The Labute approximate surface area is 120 Å². The van der Waals surface area contributed by atoms with Crippen molar-refractivity contribution < 1.29 is 8.42 Å². The normalized spacial score (nSPS) is 19.5. The molecule has 0 aromatic heterocycles. The Bertz CT molecular complexity index is 572. The first-order valence-electron chi connectivity index (χ1n) is 7.32. The molecule has 2 aliphatic rings. The van der Waals surface area contributed by atoms with Gasteiger partial charge in [0.25, 0.3) is 0 Å². The molecule has 0 amide bonds. The molecule has 2 saturated carbocycles. The fourth-order valence-corrected chi connectivity index (χ4v) is 4.20. The molecule has 0 atom stereocenters. The van der Waals surface area contributed by atoms with Crippen LogP contribution in [0.1, 0.15) is 31.2 Å². The molecule has 0 unspecified atom stereocenters. The van der Waals surface area contributed by atoms with E-state index in [0.717, 1.165) is 17.4 Å². The van der Waals surface area contributed by atoms with Gasteiger partial charge in [-0.1, -0.05) is 0 Å². The predicted octanol–water partition coefficient (Wildman–Crippen LogP) is 2.29. The Balaban J connectivity index is 1.71. The first-order valence-corrected chi connectivity index (χ1v) is 8.81. The van der Waals surface area contributed by atoms with Crippen LogP contribution in [0.25, 0.3) is 0 Å². The van der Waals surface area contributed by atoms with Crippen molar-refractivity contribution >= 4 is 15.7 Å². The van der Waals surface area contributed by atoms with Gasteiger partial charge in [0.05, 0.1) is 4.90 Å². The quantitative estimate of drug-likeness (QED) is 0.791. The third kappa shape index (κ3) is 3.15. The number of hydrogen-bond donors (Lipinski definition) is 2. The first kappa shape index (κ1) is 13.9. The van der Waals surface area contributed by atoms with Crippen LogP contribution in [0.5, 0.6) is 0 Å². The van der Waals surface area contributed by atoms with Gasteiger partial charge in [-0.2, -0.15) is 0 Å². The third-order valence-corrected chi connectivity index (χ3v) is 5.75. The highest BCUT2D eigenvalue weighted by Gasteiger charge is 2.41. The molecule has 3 rings (SSSR count). The molecular formula is C15H22N2O2S. The number of nitrogen functional groups attached to an aromatic ring is 1. The average molecular weight is 294 g/mol. The van der Waals surface area contributed by atoms with E-state index >= 15 is 0 Å². The van der Waals surface area contributed by atoms with Crippen molar-refractivity contribution in [3.63, 3.8) is 0 Å². The lowest BCUT2D eigenvalue weighted by Gasteiger charge is -2.16. The summed E-state index contributed by atoms with van der Waals surface area (Å²) in [7, 11) is -3.44. The van der Waals surface area contributed by atoms with Crippen LogP contribution in [0.3, 0.4) is 0 Å². The molecule has 20 heavy (non-hydrogen) atoms. The maximum absolute atomic E-state index is 12.4. The molecule has 110 valence electrons. The van der Waals surface area contributed by atoms with Crippen molar-refractivity contribution in [2.45, 2.75) is 37.5 Å². The van der Waals surface area contributed by atoms with Gasteiger partial charge >= 0.3 is 0 Å². The fraction of sp³-hybridized carbons (Fsp3) is 0.600. The summed E-state index contributed by atoms with van der Waals surface area (Å²) >= 11 is 0. The molecule has 0 saturated heterocycles. The Morgan fingerprint density at radius 2 is 1.80 bits per heavy atom. The lowest BCUT2D eigenvalue weighted by atomic mass is 9.99. The van der Waals surface area contributed by atoms with Crippen molar-refractivity contribution in [3.05, 3.63) is 23.8 Å². The van der Waals surface area contributed by atoms with Crippen LogP contribution >= 0.6 is 0 Å². The molecule has 1 aromatic rings. The molecule has 4 nitrogen and oxygen atoms in total. The third-order valence-electron chi connectivity index (χ3n) is 4.35. The Morgan fingerprint density at radius 1 is 1.20 bits per heavy atom. The van der Waals surface area contributed by atoms with Gasteiger partial charge in [0, 0.05) is 12.2 Å². The maximum atomic E-state index is 12.4. The van der Waals surface area contributed by atoms with E-state index in [1.165, 1.54) is 31.7 Å². The highest BCUT2D eigenvalue weighted by Crippen LogP contribution is 2.48. The van der Waals surface area contributed by atoms with E-state index in [-0.39, 0.29) is 4.90 Å². The zero-order valence-electron chi connectivity index (χ0n) is 11.8. The minimum absolute atomic E-state index is 0.278. The molecule has 0 heterocycles. The summed E-state index contributed by atoms with van der Waals surface area (Å²) in [6.07, 6.45) is 5.06. The lowest BCUT2D eigenvalue weighted by molar-refractivity contribution is 0.401. The molecule has 2 fully saturated rings. The van der Waals surface area contributed by atoms with Crippen molar-refractivity contribution in [2.75, 3.05) is 12.3 Å². The Hall–Kier alpha value is -1.07. The summed E-state index contributed by atoms with van der Waals surface area (Å²) in [5.41, 5.74) is 7.10. The molecule has 0 radical (unpaired) electrons. The minimum atomic E-state index is -3.44. The number of nitrogens with two attached hydrogens (primary N) is 1. The molecule has 5 heteroatoms. The molecular weight excluding hydrogens is 272 g/mol. The average Bonchev–Trinajstić information content (AvgIpc) is 3.22. The van der Waals surface area contributed by atoms with Gasteiger partial charge in [0.2, 0.25) is 10.0 Å². The van der Waals surface area contributed by atoms with Crippen LogP contribution in [-0.2, 0) is 10.0 Å². The molecule has 3 N–H and O–H groups in total. The van der Waals surface area contributed by atoms with E-state index < -0.39 is 10.0 Å². The Kier molecular flexibility index (Phi) is 3.50. The van der Waals surface area contributed by atoms with Crippen LogP contribution in [-0.4, -0.2) is 15.0 Å². The monoisotopic (exact) mass is 294 g/mol. The predicted molar refractivity (Wildman–Crippen MR) is 79.7 cm³/mol. The van der Waals surface area contributed by atoms with E-state index in [1.807, 2.05) is 6.92 Å². The van der Waals surface area contributed by atoms with Gasteiger partial charge in [-0.3, -0.25) is 0 Å². The number of nitrogens with one attached hydrogen (secondary N) is 1. The van der Waals surface area contributed by atoms with Crippen molar-refractivity contribution in [1.82, 2.24) is 4.72 Å². The van der Waals surface area contributed by atoms with Crippen LogP contribution < -0.4 is 10.5 Å². The first-order chi connectivity index (χ1) is 9.45. The fourth-order valence-electron chi connectivity index (χ4n) is 2.99. The molecule has 0 bridgehead atoms. The van der Waals surface area contributed by atoms with Crippen LogP contribution in [0, 0.1) is 24.7 Å². The zero-order chi connectivity index (χ0) is 14.3. The van der Waals surface area contributed by atoms with E-state index in [9.17, 15) is 8.42 Å². The number of hydrogen-bond acceptors (Lipinski definition) is 3. The van der Waals surface area contributed by atoms with Gasteiger partial charge in [-0.05, 0) is 74.1 Å². The van der Waals surface area contributed by atoms with Crippen LogP contribution in [0.4, 0.5) is 5.69 Å². The summed E-state index contributed by atoms with van der Waals surface area (Å²) in [4.78, 5) is 0.278. The zero-order valence-corrected chi connectivity index (χ0v) is 12.6. The van der Waals surface area contributed by atoms with Crippen molar-refractivity contribution in [3.8, 4) is 0 Å². The van der Waals surface area contributed by atoms with Gasteiger partial charge in [0.15, 0.2) is 0 Å². The summed E-state index contributed by atoms with van der Waals surface area (Å²) in [5.74, 6) is 2.02. The summed E-state index contributed by atoms with van der Waals surface area (Å²) in [6, 6.07) is 4.97. The topological polar surface area (TPSA) is 72.2 Å². The van der Waals surface area contributed by atoms with Crippen molar-refractivity contribution in [2.24, 2.45) is 17.8 Å². The second-order valence-corrected chi connectivity index (χ2v) is 8.04. The van der Waals surface area contributed by atoms with Crippen molar-refractivity contribution in [1.29, 1.82) is 0 Å². The highest BCUT2D eigenvalue weighted by atomic mass is 32.2. The van der Waals surface area contributed by atoms with Gasteiger partial charge in [0.1, 0.15) is 0 Å². The van der Waals surface area contributed by atoms with Crippen LogP contribution in [0.2, 0.25) is 0 Å². The number of aryl methyl sites for hydroxylation is 1. The maximum Gasteiger partial charge on any atom is 0.240 e. The van der Waals surface area contributed by atoms with Gasteiger partial charge in [-0.25, -0.2) is 13.1 Å². The number of anilines is 1. The number of rotatable bonds is 6. The van der Waals surface area contributed by atoms with E-state index in [1.54, 1.807) is 12.1 Å². The smallest absolute Gasteiger partial charge is 0.240 e. The summed E-state index contributed by atoms with van der Waals surface area (Å²) in [6.45, 7) is 2.43.